The van der Waals surface area contributed by atoms with E-state index < -0.39 is 17.6 Å². The number of benzene rings is 1. The topological polar surface area (TPSA) is 65.4 Å². The Morgan fingerprint density at radius 2 is 2.04 bits per heavy atom. The molecule has 1 aliphatic heterocycles. The van der Waals surface area contributed by atoms with Crippen LogP contribution in [0, 0.1) is 11.3 Å². The summed E-state index contributed by atoms with van der Waals surface area (Å²) in [7, 11) is 0. The van der Waals surface area contributed by atoms with E-state index in [4.69, 9.17) is 10.00 Å². The number of morpholine rings is 1. The van der Waals surface area contributed by atoms with E-state index in [1.54, 1.807) is 11.0 Å². The molecule has 23 heavy (non-hydrogen) atoms. The fourth-order valence-electron chi connectivity index (χ4n) is 2.00. The van der Waals surface area contributed by atoms with Gasteiger partial charge in [-0.15, -0.1) is 0 Å². The van der Waals surface area contributed by atoms with Crippen molar-refractivity contribution >= 4 is 11.6 Å². The molecule has 2 rings (SSSR count). The summed E-state index contributed by atoms with van der Waals surface area (Å²) in [6.07, 6.45) is -3.10. The molecule has 0 aliphatic carbocycles. The number of rotatable bonds is 3. The minimum absolute atomic E-state index is 0.0204. The van der Waals surface area contributed by atoms with Gasteiger partial charge in [-0.3, -0.25) is 4.79 Å². The maximum absolute atomic E-state index is 12.6. The number of hydrogen-bond donors (Lipinski definition) is 1. The first-order chi connectivity index (χ1) is 10.9. The number of halogens is 3. The van der Waals surface area contributed by atoms with Crippen LogP contribution in [0.3, 0.4) is 0 Å². The van der Waals surface area contributed by atoms with E-state index in [9.17, 15) is 18.0 Å². The summed E-state index contributed by atoms with van der Waals surface area (Å²) in [5.74, 6) is -0.752. The molecule has 1 aromatic carbocycles. The molecule has 8 heteroatoms. The molecule has 122 valence electrons. The lowest BCUT2D eigenvalue weighted by molar-refractivity contribution is -0.137. The van der Waals surface area contributed by atoms with E-state index in [-0.39, 0.29) is 11.3 Å². The molecule has 1 fully saturated rings. The summed E-state index contributed by atoms with van der Waals surface area (Å²) in [5, 5.41) is 11.4. The summed E-state index contributed by atoms with van der Waals surface area (Å²) in [6, 6.07) is 6.01. The number of nitriles is 1. The van der Waals surface area contributed by atoms with Gasteiger partial charge in [-0.05, 0) is 18.2 Å². The standard InChI is InChI=1S/C15H14F3N3O2/c16-15(17,18)12-2-1-3-13(8-12)20-14(22)11(9-19)10-21-4-6-23-7-5-21/h1-3,8,10H,4-7H2,(H,20,22)/b11-10-. The Kier molecular flexibility index (Phi) is 5.24. The average molecular weight is 325 g/mol. The molecule has 0 aromatic heterocycles. The second kappa shape index (κ2) is 7.15. The molecule has 1 saturated heterocycles. The first-order valence-corrected chi connectivity index (χ1v) is 6.82. The lowest BCUT2D eigenvalue weighted by atomic mass is 10.2. The van der Waals surface area contributed by atoms with Gasteiger partial charge in [-0.1, -0.05) is 6.07 Å². The smallest absolute Gasteiger partial charge is 0.378 e. The van der Waals surface area contributed by atoms with Crippen molar-refractivity contribution < 1.29 is 22.7 Å². The van der Waals surface area contributed by atoms with Crippen LogP contribution in [-0.2, 0) is 15.7 Å². The van der Waals surface area contributed by atoms with Gasteiger partial charge in [0.05, 0.1) is 18.8 Å². The van der Waals surface area contributed by atoms with Crippen molar-refractivity contribution in [3.8, 4) is 6.07 Å². The van der Waals surface area contributed by atoms with Crippen LogP contribution >= 0.6 is 0 Å². The minimum atomic E-state index is -4.50. The van der Waals surface area contributed by atoms with Gasteiger partial charge in [-0.25, -0.2) is 0 Å². The van der Waals surface area contributed by atoms with Crippen molar-refractivity contribution in [1.29, 1.82) is 5.26 Å². The second-order valence-corrected chi connectivity index (χ2v) is 4.84. The van der Waals surface area contributed by atoms with E-state index in [0.717, 1.165) is 12.1 Å². The third-order valence-corrected chi connectivity index (χ3v) is 3.17. The largest absolute Gasteiger partial charge is 0.416 e. The molecule has 0 radical (unpaired) electrons. The lowest BCUT2D eigenvalue weighted by Gasteiger charge is -2.25. The molecule has 0 bridgehead atoms. The van der Waals surface area contributed by atoms with E-state index in [0.29, 0.717) is 26.3 Å². The average Bonchev–Trinajstić information content (AvgIpc) is 2.53. The Labute approximate surface area is 130 Å². The fraction of sp³-hybridized carbons (Fsp3) is 0.333. The van der Waals surface area contributed by atoms with Crippen LogP contribution in [0.1, 0.15) is 5.56 Å². The quantitative estimate of drug-likeness (QED) is 0.684. The van der Waals surface area contributed by atoms with Crippen LogP contribution in [0.2, 0.25) is 0 Å². The highest BCUT2D eigenvalue weighted by Gasteiger charge is 2.30. The third kappa shape index (κ3) is 4.72. The normalized spacial score (nSPS) is 15.9. The maximum atomic E-state index is 12.6. The Hall–Kier alpha value is -2.53. The first-order valence-electron chi connectivity index (χ1n) is 6.82. The van der Waals surface area contributed by atoms with E-state index in [2.05, 4.69) is 5.32 Å². The highest BCUT2D eigenvalue weighted by atomic mass is 19.4. The minimum Gasteiger partial charge on any atom is -0.378 e. The Balaban J connectivity index is 2.11. The second-order valence-electron chi connectivity index (χ2n) is 4.84. The number of nitrogens with one attached hydrogen (secondary N) is 1. The molecule has 1 heterocycles. The Morgan fingerprint density at radius 3 is 2.65 bits per heavy atom. The molecule has 1 N–H and O–H groups in total. The van der Waals surface area contributed by atoms with Gasteiger partial charge in [0.15, 0.2) is 0 Å². The highest BCUT2D eigenvalue weighted by Crippen LogP contribution is 2.30. The van der Waals surface area contributed by atoms with E-state index in [1.165, 1.54) is 18.3 Å². The highest BCUT2D eigenvalue weighted by molar-refractivity contribution is 6.06. The van der Waals surface area contributed by atoms with Gasteiger partial charge in [0, 0.05) is 25.0 Å². The van der Waals surface area contributed by atoms with Crippen molar-refractivity contribution in [2.24, 2.45) is 0 Å². The van der Waals surface area contributed by atoms with Gasteiger partial charge in [0.2, 0.25) is 0 Å². The zero-order valence-electron chi connectivity index (χ0n) is 12.1. The summed E-state index contributed by atoms with van der Waals surface area (Å²) in [6.45, 7) is 2.07. The molecule has 0 unspecified atom stereocenters. The SMILES string of the molecule is N#C/C(=C/N1CCOCC1)C(=O)Nc1cccc(C(F)(F)F)c1. The van der Waals surface area contributed by atoms with Crippen LogP contribution in [-0.4, -0.2) is 37.1 Å². The molecule has 0 spiro atoms. The van der Waals surface area contributed by atoms with Crippen molar-refractivity contribution in [2.75, 3.05) is 31.6 Å². The van der Waals surface area contributed by atoms with Crippen LogP contribution in [0.5, 0.6) is 0 Å². The summed E-state index contributed by atoms with van der Waals surface area (Å²) in [5.41, 5.74) is -1.07. The number of alkyl halides is 3. The Bertz CT molecular complexity index is 644. The number of nitrogens with zero attached hydrogens (tertiary/aromatic N) is 2. The molecule has 1 aliphatic rings. The van der Waals surface area contributed by atoms with Crippen LogP contribution in [0.15, 0.2) is 36.0 Å². The molecule has 1 amide bonds. The number of anilines is 1. The number of carbonyl (C=O) groups excluding carboxylic acids is 1. The molecular weight excluding hydrogens is 311 g/mol. The summed E-state index contributed by atoms with van der Waals surface area (Å²) in [4.78, 5) is 13.8. The van der Waals surface area contributed by atoms with Crippen LogP contribution in [0.4, 0.5) is 18.9 Å². The number of ether oxygens (including phenoxy) is 1. The van der Waals surface area contributed by atoms with E-state index in [1.807, 2.05) is 0 Å². The lowest BCUT2D eigenvalue weighted by Crippen LogP contribution is -2.33. The first kappa shape index (κ1) is 16.8. The maximum Gasteiger partial charge on any atom is 0.416 e. The Morgan fingerprint density at radius 1 is 1.35 bits per heavy atom. The molecular formula is C15H14F3N3O2. The summed E-state index contributed by atoms with van der Waals surface area (Å²) < 4.78 is 43.1. The van der Waals surface area contributed by atoms with Crippen molar-refractivity contribution in [3.63, 3.8) is 0 Å². The zero-order valence-corrected chi connectivity index (χ0v) is 12.1. The number of hydrogen-bond acceptors (Lipinski definition) is 4. The number of carbonyl (C=O) groups is 1. The monoisotopic (exact) mass is 325 g/mol. The van der Waals surface area contributed by atoms with Crippen LogP contribution < -0.4 is 5.32 Å². The molecule has 5 nitrogen and oxygen atoms in total. The third-order valence-electron chi connectivity index (χ3n) is 3.17. The van der Waals surface area contributed by atoms with Gasteiger partial charge in [0.25, 0.3) is 5.91 Å². The number of amides is 1. The zero-order chi connectivity index (χ0) is 16.9. The predicted octanol–water partition coefficient (Wildman–Crippen LogP) is 2.38. The van der Waals surface area contributed by atoms with Crippen LogP contribution in [0.25, 0.3) is 0 Å². The van der Waals surface area contributed by atoms with Crippen molar-refractivity contribution in [3.05, 3.63) is 41.6 Å². The van der Waals surface area contributed by atoms with Gasteiger partial charge < -0.3 is 15.0 Å². The van der Waals surface area contributed by atoms with Gasteiger partial charge >= 0.3 is 6.18 Å². The molecule has 1 aromatic rings. The fourth-order valence-corrected chi connectivity index (χ4v) is 2.00. The van der Waals surface area contributed by atoms with Gasteiger partial charge in [-0.2, -0.15) is 18.4 Å². The van der Waals surface area contributed by atoms with Crippen molar-refractivity contribution in [1.82, 2.24) is 4.90 Å². The predicted molar refractivity (Wildman–Crippen MR) is 76.2 cm³/mol. The molecule has 0 atom stereocenters. The molecule has 0 saturated carbocycles. The summed E-state index contributed by atoms with van der Waals surface area (Å²) >= 11 is 0. The van der Waals surface area contributed by atoms with Crippen molar-refractivity contribution in [2.45, 2.75) is 6.18 Å². The van der Waals surface area contributed by atoms with E-state index >= 15 is 0 Å². The van der Waals surface area contributed by atoms with Gasteiger partial charge in [0.1, 0.15) is 11.6 Å².